The van der Waals surface area contributed by atoms with Gasteiger partial charge in [-0.3, -0.25) is 9.45 Å². The molecule has 0 rings (SSSR count). The standard InChI is InChI=1S/C7H17NO3S2/c1-4-5-6-7(8(2)3)12-13(9,10)11/h7H,4-6H2,1-3H3,(H,9,10,11). The van der Waals surface area contributed by atoms with Crippen molar-refractivity contribution in [2.75, 3.05) is 14.1 Å². The highest BCUT2D eigenvalue weighted by Gasteiger charge is 2.18. The summed E-state index contributed by atoms with van der Waals surface area (Å²) in [7, 11) is 0.288. The SMILES string of the molecule is CCCCC(SS(=O)(=O)O)N(C)C. The van der Waals surface area contributed by atoms with Gasteiger partial charge in [-0.25, -0.2) is 0 Å². The van der Waals surface area contributed by atoms with E-state index in [-0.39, 0.29) is 5.37 Å². The molecule has 0 aromatic carbocycles. The molecule has 1 N–H and O–H groups in total. The molecule has 1 atom stereocenters. The molecule has 4 nitrogen and oxygen atoms in total. The third-order valence-electron chi connectivity index (χ3n) is 1.61. The molecular weight excluding hydrogens is 210 g/mol. The van der Waals surface area contributed by atoms with Crippen LogP contribution in [0.5, 0.6) is 0 Å². The quantitative estimate of drug-likeness (QED) is 0.424. The minimum atomic E-state index is -3.92. The van der Waals surface area contributed by atoms with Crippen molar-refractivity contribution in [1.29, 1.82) is 0 Å². The molecule has 0 amide bonds. The summed E-state index contributed by atoms with van der Waals surface area (Å²) >= 11 is 0. The molecule has 0 aliphatic heterocycles. The Labute approximate surface area is 83.8 Å². The minimum absolute atomic E-state index is 0.157. The zero-order valence-corrected chi connectivity index (χ0v) is 9.86. The van der Waals surface area contributed by atoms with Gasteiger partial charge in [-0.2, -0.15) is 8.42 Å². The third kappa shape index (κ3) is 7.30. The van der Waals surface area contributed by atoms with Crippen molar-refractivity contribution in [3.8, 4) is 0 Å². The topological polar surface area (TPSA) is 57.6 Å². The summed E-state index contributed by atoms with van der Waals surface area (Å²) in [5.41, 5.74) is 0. The molecule has 0 aromatic heterocycles. The number of nitrogens with zero attached hydrogens (tertiary/aromatic N) is 1. The largest absolute Gasteiger partial charge is 0.321 e. The first-order valence-electron chi connectivity index (χ1n) is 4.19. The van der Waals surface area contributed by atoms with Gasteiger partial charge >= 0.3 is 9.15 Å². The van der Waals surface area contributed by atoms with Gasteiger partial charge < -0.3 is 0 Å². The van der Waals surface area contributed by atoms with Gasteiger partial charge in [0.25, 0.3) is 0 Å². The number of hydrogen-bond donors (Lipinski definition) is 1. The van der Waals surface area contributed by atoms with Crippen molar-refractivity contribution in [3.63, 3.8) is 0 Å². The maximum Gasteiger partial charge on any atom is 0.321 e. The highest BCUT2D eigenvalue weighted by Crippen LogP contribution is 2.23. The van der Waals surface area contributed by atoms with Crippen molar-refractivity contribution in [1.82, 2.24) is 4.90 Å². The second-order valence-electron chi connectivity index (χ2n) is 3.08. The minimum Gasteiger partial charge on any atom is -0.297 e. The van der Waals surface area contributed by atoms with E-state index < -0.39 is 9.15 Å². The van der Waals surface area contributed by atoms with Crippen LogP contribution >= 0.6 is 10.8 Å². The highest BCUT2D eigenvalue weighted by atomic mass is 33.1. The van der Waals surface area contributed by atoms with E-state index in [0.29, 0.717) is 10.8 Å². The Bertz CT molecular complexity index is 226. The Hall–Kier alpha value is 0.220. The molecule has 0 spiro atoms. The maximum atomic E-state index is 10.6. The first-order chi connectivity index (χ1) is 5.87. The van der Waals surface area contributed by atoms with Crippen LogP contribution in [0.15, 0.2) is 0 Å². The monoisotopic (exact) mass is 227 g/mol. The Kier molecular flexibility index (Phi) is 5.95. The van der Waals surface area contributed by atoms with Crippen LogP contribution < -0.4 is 0 Å². The van der Waals surface area contributed by atoms with E-state index in [4.69, 9.17) is 4.55 Å². The summed E-state index contributed by atoms with van der Waals surface area (Å²) in [6.07, 6.45) is 2.76. The normalized spacial score (nSPS) is 14.8. The van der Waals surface area contributed by atoms with E-state index in [9.17, 15) is 8.42 Å². The lowest BCUT2D eigenvalue weighted by atomic mass is 10.2. The van der Waals surface area contributed by atoms with E-state index in [0.717, 1.165) is 19.3 Å². The summed E-state index contributed by atoms with van der Waals surface area (Å²) in [5.74, 6) is 0. The molecule has 80 valence electrons. The van der Waals surface area contributed by atoms with Crippen molar-refractivity contribution in [2.24, 2.45) is 0 Å². The van der Waals surface area contributed by atoms with Gasteiger partial charge in [0.2, 0.25) is 0 Å². The Morgan fingerprint density at radius 1 is 1.46 bits per heavy atom. The fourth-order valence-corrected chi connectivity index (χ4v) is 3.27. The second-order valence-corrected chi connectivity index (χ2v) is 6.52. The maximum absolute atomic E-state index is 10.6. The van der Waals surface area contributed by atoms with Crippen LogP contribution in [-0.2, 0) is 9.15 Å². The van der Waals surface area contributed by atoms with Gasteiger partial charge in [0.05, 0.1) is 5.37 Å². The van der Waals surface area contributed by atoms with Gasteiger partial charge in [-0.1, -0.05) is 19.8 Å². The van der Waals surface area contributed by atoms with Crippen LogP contribution in [0, 0.1) is 0 Å². The van der Waals surface area contributed by atoms with Gasteiger partial charge in [-0.15, -0.1) is 0 Å². The van der Waals surface area contributed by atoms with Gasteiger partial charge in [0, 0.05) is 10.8 Å². The average Bonchev–Trinajstić information content (AvgIpc) is 1.95. The number of hydrogen-bond acceptors (Lipinski definition) is 4. The van der Waals surface area contributed by atoms with Crippen molar-refractivity contribution >= 4 is 19.9 Å². The Morgan fingerprint density at radius 2 is 2.00 bits per heavy atom. The van der Waals surface area contributed by atoms with Gasteiger partial charge in [0.15, 0.2) is 0 Å². The molecule has 0 heterocycles. The zero-order chi connectivity index (χ0) is 10.5. The first-order valence-corrected chi connectivity index (χ1v) is 7.02. The van der Waals surface area contributed by atoms with Crippen molar-refractivity contribution in [3.05, 3.63) is 0 Å². The second kappa shape index (κ2) is 5.85. The van der Waals surface area contributed by atoms with Crippen molar-refractivity contribution < 1.29 is 13.0 Å². The van der Waals surface area contributed by atoms with Crippen LogP contribution in [-0.4, -0.2) is 37.3 Å². The highest BCUT2D eigenvalue weighted by molar-refractivity contribution is 8.70. The number of unbranched alkanes of at least 4 members (excludes halogenated alkanes) is 1. The van der Waals surface area contributed by atoms with E-state index in [2.05, 4.69) is 0 Å². The molecule has 0 aliphatic carbocycles. The van der Waals surface area contributed by atoms with E-state index in [1.165, 1.54) is 0 Å². The van der Waals surface area contributed by atoms with Gasteiger partial charge in [-0.05, 0) is 20.5 Å². The molecule has 0 aliphatic rings. The molecule has 6 heteroatoms. The molecule has 1 unspecified atom stereocenters. The van der Waals surface area contributed by atoms with Crippen LogP contribution in [0.3, 0.4) is 0 Å². The Morgan fingerprint density at radius 3 is 2.31 bits per heavy atom. The molecule has 0 fully saturated rings. The van der Waals surface area contributed by atoms with Crippen LogP contribution in [0.1, 0.15) is 26.2 Å². The first kappa shape index (κ1) is 13.2. The molecule has 0 saturated carbocycles. The predicted molar refractivity (Wildman–Crippen MR) is 56.1 cm³/mol. The smallest absolute Gasteiger partial charge is 0.297 e. The summed E-state index contributed by atoms with van der Waals surface area (Å²) < 4.78 is 29.8. The fraction of sp³-hybridized carbons (Fsp3) is 1.00. The summed E-state index contributed by atoms with van der Waals surface area (Å²) in [5, 5.41) is -0.157. The number of rotatable bonds is 6. The lowest BCUT2D eigenvalue weighted by Gasteiger charge is -2.21. The van der Waals surface area contributed by atoms with Crippen molar-refractivity contribution in [2.45, 2.75) is 31.6 Å². The van der Waals surface area contributed by atoms with Crippen LogP contribution in [0.4, 0.5) is 0 Å². The van der Waals surface area contributed by atoms with Crippen LogP contribution in [0.2, 0.25) is 0 Å². The molecule has 0 aromatic rings. The van der Waals surface area contributed by atoms with Gasteiger partial charge in [0.1, 0.15) is 0 Å². The summed E-state index contributed by atoms with van der Waals surface area (Å²) in [6, 6.07) is 0. The molecule has 0 saturated heterocycles. The van der Waals surface area contributed by atoms with E-state index >= 15 is 0 Å². The lowest BCUT2D eigenvalue weighted by molar-refractivity contribution is 0.361. The predicted octanol–water partition coefficient (Wildman–Crippen LogP) is 1.60. The zero-order valence-electron chi connectivity index (χ0n) is 8.23. The summed E-state index contributed by atoms with van der Waals surface area (Å²) in [4.78, 5) is 1.80. The van der Waals surface area contributed by atoms with E-state index in [1.54, 1.807) is 19.0 Å². The molecule has 13 heavy (non-hydrogen) atoms. The lowest BCUT2D eigenvalue weighted by Crippen LogP contribution is -2.26. The average molecular weight is 227 g/mol. The van der Waals surface area contributed by atoms with Crippen LogP contribution in [0.25, 0.3) is 0 Å². The third-order valence-corrected chi connectivity index (χ3v) is 4.13. The van der Waals surface area contributed by atoms with E-state index in [1.807, 2.05) is 6.92 Å². The molecule has 0 bridgehead atoms. The summed E-state index contributed by atoms with van der Waals surface area (Å²) in [6.45, 7) is 2.05. The molecular formula is C7H17NO3S2. The Balaban J connectivity index is 4.11. The molecule has 0 radical (unpaired) electrons. The fourth-order valence-electron chi connectivity index (χ4n) is 0.911.